The standard InChI is InChI=1S/C18H15F3N4O3/c1-9-6-7-22-8-13(9)25-15(10(2)23-17(27)28)24-12-5-3-4-11(18(19,20)21)14(12)16(25)26/h3-8,10,23H,1-2H3,(H,27,28). The van der Waals surface area contributed by atoms with E-state index in [9.17, 15) is 22.8 Å². The summed E-state index contributed by atoms with van der Waals surface area (Å²) in [6, 6.07) is 3.86. The predicted molar refractivity (Wildman–Crippen MR) is 94.4 cm³/mol. The van der Waals surface area contributed by atoms with Crippen LogP contribution in [0, 0.1) is 6.92 Å². The molecule has 28 heavy (non-hydrogen) atoms. The highest BCUT2D eigenvalue weighted by Gasteiger charge is 2.35. The van der Waals surface area contributed by atoms with Crippen LogP contribution in [0.25, 0.3) is 16.6 Å². The number of aromatic nitrogens is 3. The first-order valence-electron chi connectivity index (χ1n) is 8.14. The molecule has 0 fully saturated rings. The summed E-state index contributed by atoms with van der Waals surface area (Å²) in [5, 5.41) is 10.6. The number of hydrogen-bond donors (Lipinski definition) is 2. The van der Waals surface area contributed by atoms with E-state index in [1.54, 1.807) is 13.0 Å². The number of benzene rings is 1. The summed E-state index contributed by atoms with van der Waals surface area (Å²) in [4.78, 5) is 32.3. The van der Waals surface area contributed by atoms with Crippen molar-refractivity contribution < 1.29 is 23.1 Å². The minimum Gasteiger partial charge on any atom is -0.465 e. The lowest BCUT2D eigenvalue weighted by atomic mass is 10.1. The Morgan fingerprint density at radius 3 is 2.61 bits per heavy atom. The second-order valence-electron chi connectivity index (χ2n) is 6.14. The van der Waals surface area contributed by atoms with Crippen molar-refractivity contribution >= 4 is 17.0 Å². The van der Waals surface area contributed by atoms with Crippen molar-refractivity contribution in [3.05, 3.63) is 64.0 Å². The van der Waals surface area contributed by atoms with Crippen LogP contribution in [-0.4, -0.2) is 25.7 Å². The van der Waals surface area contributed by atoms with E-state index in [0.29, 0.717) is 5.56 Å². The van der Waals surface area contributed by atoms with Gasteiger partial charge in [0, 0.05) is 6.20 Å². The SMILES string of the molecule is Cc1ccncc1-n1c(C(C)NC(=O)O)nc2cccc(C(F)(F)F)c2c1=O. The fourth-order valence-corrected chi connectivity index (χ4v) is 2.95. The lowest BCUT2D eigenvalue weighted by molar-refractivity contribution is -0.136. The smallest absolute Gasteiger partial charge is 0.417 e. The van der Waals surface area contributed by atoms with Crippen LogP contribution in [0.4, 0.5) is 18.0 Å². The number of halogens is 3. The second kappa shape index (κ2) is 6.95. The largest absolute Gasteiger partial charge is 0.465 e. The van der Waals surface area contributed by atoms with Crippen LogP contribution < -0.4 is 10.9 Å². The highest BCUT2D eigenvalue weighted by Crippen LogP contribution is 2.33. The fraction of sp³-hybridized carbons (Fsp3) is 0.222. The normalized spacial score (nSPS) is 12.8. The van der Waals surface area contributed by atoms with E-state index >= 15 is 0 Å². The van der Waals surface area contributed by atoms with Crippen LogP contribution in [0.2, 0.25) is 0 Å². The molecule has 146 valence electrons. The number of hydrogen-bond acceptors (Lipinski definition) is 4. The van der Waals surface area contributed by atoms with Gasteiger partial charge in [-0.25, -0.2) is 9.78 Å². The first-order chi connectivity index (χ1) is 13.1. The van der Waals surface area contributed by atoms with Gasteiger partial charge < -0.3 is 10.4 Å². The van der Waals surface area contributed by atoms with Gasteiger partial charge in [-0.15, -0.1) is 0 Å². The average Bonchev–Trinajstić information content (AvgIpc) is 2.60. The first-order valence-corrected chi connectivity index (χ1v) is 8.14. The summed E-state index contributed by atoms with van der Waals surface area (Å²) in [7, 11) is 0. The van der Waals surface area contributed by atoms with Crippen LogP contribution in [0.1, 0.15) is 29.9 Å². The molecule has 7 nitrogen and oxygen atoms in total. The summed E-state index contributed by atoms with van der Waals surface area (Å²) >= 11 is 0. The lowest BCUT2D eigenvalue weighted by Gasteiger charge is -2.20. The monoisotopic (exact) mass is 392 g/mol. The second-order valence-corrected chi connectivity index (χ2v) is 6.14. The Bertz CT molecular complexity index is 1130. The lowest BCUT2D eigenvalue weighted by Crippen LogP contribution is -2.33. The van der Waals surface area contributed by atoms with Gasteiger partial charge in [0.1, 0.15) is 5.82 Å². The number of carboxylic acid groups (broad SMARTS) is 1. The third-order valence-corrected chi connectivity index (χ3v) is 4.21. The Hall–Kier alpha value is -3.43. The predicted octanol–water partition coefficient (Wildman–Crippen LogP) is 3.44. The van der Waals surface area contributed by atoms with Gasteiger partial charge in [-0.1, -0.05) is 6.07 Å². The molecule has 0 saturated heterocycles. The van der Waals surface area contributed by atoms with Gasteiger partial charge in [0.15, 0.2) is 0 Å². The molecule has 3 rings (SSSR count). The minimum atomic E-state index is -4.76. The molecule has 3 aromatic rings. The van der Waals surface area contributed by atoms with Crippen molar-refractivity contribution in [3.8, 4) is 5.69 Å². The van der Waals surface area contributed by atoms with Crippen molar-refractivity contribution in [2.75, 3.05) is 0 Å². The van der Waals surface area contributed by atoms with E-state index in [1.807, 2.05) is 0 Å². The van der Waals surface area contributed by atoms with E-state index in [1.165, 1.54) is 25.4 Å². The Labute approximate surface area is 156 Å². The molecule has 0 saturated carbocycles. The van der Waals surface area contributed by atoms with Crippen LogP contribution in [-0.2, 0) is 6.18 Å². The Kier molecular flexibility index (Phi) is 4.80. The highest BCUT2D eigenvalue weighted by molar-refractivity contribution is 5.82. The van der Waals surface area contributed by atoms with Gasteiger partial charge >= 0.3 is 12.3 Å². The number of pyridine rings is 1. The van der Waals surface area contributed by atoms with E-state index in [4.69, 9.17) is 5.11 Å². The van der Waals surface area contributed by atoms with Crippen molar-refractivity contribution in [2.24, 2.45) is 0 Å². The van der Waals surface area contributed by atoms with Gasteiger partial charge in [-0.2, -0.15) is 13.2 Å². The third-order valence-electron chi connectivity index (χ3n) is 4.21. The summed E-state index contributed by atoms with van der Waals surface area (Å²) in [5.41, 5.74) is -1.46. The number of amides is 1. The molecule has 1 aromatic carbocycles. The number of nitrogens with zero attached hydrogens (tertiary/aromatic N) is 3. The molecule has 0 bridgehead atoms. The zero-order chi connectivity index (χ0) is 20.6. The molecule has 2 N–H and O–H groups in total. The molecule has 0 spiro atoms. The molecule has 1 unspecified atom stereocenters. The van der Waals surface area contributed by atoms with Crippen molar-refractivity contribution in [1.29, 1.82) is 0 Å². The van der Waals surface area contributed by atoms with Gasteiger partial charge in [0.2, 0.25) is 0 Å². The van der Waals surface area contributed by atoms with Crippen molar-refractivity contribution in [3.63, 3.8) is 0 Å². The third kappa shape index (κ3) is 3.40. The average molecular weight is 392 g/mol. The molecule has 1 amide bonds. The fourth-order valence-electron chi connectivity index (χ4n) is 2.95. The van der Waals surface area contributed by atoms with Gasteiger partial charge in [-0.05, 0) is 37.6 Å². The zero-order valence-electron chi connectivity index (χ0n) is 14.8. The highest BCUT2D eigenvalue weighted by atomic mass is 19.4. The number of aryl methyl sites for hydroxylation is 1. The maximum atomic E-state index is 13.5. The van der Waals surface area contributed by atoms with Crippen LogP contribution >= 0.6 is 0 Å². The molecule has 0 aliphatic heterocycles. The Morgan fingerprint density at radius 1 is 1.29 bits per heavy atom. The number of rotatable bonds is 3. The number of alkyl halides is 3. The summed E-state index contributed by atoms with van der Waals surface area (Å²) in [6.07, 6.45) is -3.33. The molecule has 2 heterocycles. The first kappa shape index (κ1) is 19.3. The van der Waals surface area contributed by atoms with E-state index in [0.717, 1.165) is 16.7 Å². The van der Waals surface area contributed by atoms with Crippen LogP contribution in [0.15, 0.2) is 41.5 Å². The summed E-state index contributed by atoms with van der Waals surface area (Å²) in [6.45, 7) is 3.10. The molecular formula is C18H15F3N4O3. The van der Waals surface area contributed by atoms with Crippen LogP contribution in [0.3, 0.4) is 0 Å². The number of carbonyl (C=O) groups is 1. The molecule has 0 aliphatic rings. The van der Waals surface area contributed by atoms with E-state index in [2.05, 4.69) is 15.3 Å². The quantitative estimate of drug-likeness (QED) is 0.712. The Balaban J connectivity index is 2.46. The minimum absolute atomic E-state index is 0.0460. The van der Waals surface area contributed by atoms with Gasteiger partial charge in [0.25, 0.3) is 5.56 Å². The molecular weight excluding hydrogens is 377 g/mol. The molecule has 1 atom stereocenters. The van der Waals surface area contributed by atoms with Gasteiger partial charge in [0.05, 0.1) is 34.4 Å². The number of nitrogens with one attached hydrogen (secondary N) is 1. The maximum Gasteiger partial charge on any atom is 0.417 e. The topological polar surface area (TPSA) is 97.1 Å². The molecule has 2 aromatic heterocycles. The molecule has 0 aliphatic carbocycles. The molecule has 10 heteroatoms. The maximum absolute atomic E-state index is 13.5. The van der Waals surface area contributed by atoms with Crippen molar-refractivity contribution in [1.82, 2.24) is 19.9 Å². The van der Waals surface area contributed by atoms with E-state index < -0.39 is 34.8 Å². The zero-order valence-corrected chi connectivity index (χ0v) is 14.8. The summed E-state index contributed by atoms with van der Waals surface area (Å²) < 4.78 is 41.4. The van der Waals surface area contributed by atoms with E-state index in [-0.39, 0.29) is 17.0 Å². The summed E-state index contributed by atoms with van der Waals surface area (Å²) in [5.74, 6) is -0.0460. The van der Waals surface area contributed by atoms with Gasteiger partial charge in [-0.3, -0.25) is 14.3 Å². The van der Waals surface area contributed by atoms with Crippen LogP contribution in [0.5, 0.6) is 0 Å². The molecule has 0 radical (unpaired) electrons. The van der Waals surface area contributed by atoms with Crippen molar-refractivity contribution in [2.45, 2.75) is 26.1 Å². The Morgan fingerprint density at radius 2 is 2.00 bits per heavy atom. The number of fused-ring (bicyclic) bond motifs is 1.